The number of piperazine rings is 1. The first-order valence-electron chi connectivity index (χ1n) is 6.82. The monoisotopic (exact) mass is 306 g/mol. The number of anilines is 2. The molecule has 0 unspecified atom stereocenters. The summed E-state index contributed by atoms with van der Waals surface area (Å²) in [6.45, 7) is 4.28. The summed E-state index contributed by atoms with van der Waals surface area (Å²) in [5.41, 5.74) is 5.61. The molecule has 0 atom stereocenters. The Bertz CT molecular complexity index is 673. The minimum absolute atomic E-state index is 0.0406. The van der Waals surface area contributed by atoms with Gasteiger partial charge in [-0.25, -0.2) is 9.97 Å². The predicted octanol–water partition coefficient (Wildman–Crippen LogP) is 0.141. The minimum Gasteiger partial charge on any atom is -0.375 e. The van der Waals surface area contributed by atoms with Crippen LogP contribution in [0.25, 0.3) is 0 Å². The van der Waals surface area contributed by atoms with E-state index in [-0.39, 0.29) is 5.56 Å². The second-order valence-electron chi connectivity index (χ2n) is 5.09. The van der Waals surface area contributed by atoms with Gasteiger partial charge in [-0.05, 0) is 0 Å². The molecule has 7 nitrogen and oxygen atoms in total. The van der Waals surface area contributed by atoms with Crippen molar-refractivity contribution >= 4 is 22.3 Å². The molecule has 0 aliphatic carbocycles. The van der Waals surface area contributed by atoms with Gasteiger partial charge in [0.25, 0.3) is 5.56 Å². The van der Waals surface area contributed by atoms with Crippen molar-refractivity contribution in [1.82, 2.24) is 19.4 Å². The second kappa shape index (κ2) is 5.82. The quantitative estimate of drug-likeness (QED) is 0.869. The Morgan fingerprint density at radius 3 is 2.71 bits per heavy atom. The molecular formula is C13H18N6OS. The average Bonchev–Trinajstić information content (AvgIpc) is 2.88. The van der Waals surface area contributed by atoms with Crippen LogP contribution in [0.5, 0.6) is 0 Å². The van der Waals surface area contributed by atoms with Crippen LogP contribution in [0.1, 0.15) is 4.88 Å². The van der Waals surface area contributed by atoms with Gasteiger partial charge in [0.15, 0.2) is 10.9 Å². The first-order chi connectivity index (χ1) is 10.1. The Labute approximate surface area is 126 Å². The molecule has 112 valence electrons. The number of nitrogens with two attached hydrogens (primary N) is 1. The van der Waals surface area contributed by atoms with Crippen LogP contribution in [0.15, 0.2) is 23.4 Å². The van der Waals surface area contributed by atoms with E-state index in [0.717, 1.165) is 32.7 Å². The highest BCUT2D eigenvalue weighted by Crippen LogP contribution is 2.18. The summed E-state index contributed by atoms with van der Waals surface area (Å²) in [6.07, 6.45) is 5.18. The predicted molar refractivity (Wildman–Crippen MR) is 83.5 cm³/mol. The van der Waals surface area contributed by atoms with Gasteiger partial charge in [-0.15, -0.1) is 11.3 Å². The average molecular weight is 306 g/mol. The van der Waals surface area contributed by atoms with Crippen LogP contribution in [-0.2, 0) is 13.6 Å². The Kier molecular flexibility index (Phi) is 3.89. The van der Waals surface area contributed by atoms with Gasteiger partial charge in [0.05, 0.1) is 0 Å². The van der Waals surface area contributed by atoms with Crippen LogP contribution in [-0.4, -0.2) is 45.6 Å². The molecule has 0 amide bonds. The van der Waals surface area contributed by atoms with Gasteiger partial charge in [0.2, 0.25) is 0 Å². The Morgan fingerprint density at radius 2 is 2.05 bits per heavy atom. The van der Waals surface area contributed by atoms with Crippen molar-refractivity contribution in [3.8, 4) is 0 Å². The molecule has 2 N–H and O–H groups in total. The van der Waals surface area contributed by atoms with Crippen molar-refractivity contribution in [3.63, 3.8) is 0 Å². The van der Waals surface area contributed by atoms with Crippen LogP contribution >= 0.6 is 11.3 Å². The first kappa shape index (κ1) is 14.0. The topological polar surface area (TPSA) is 80.3 Å². The van der Waals surface area contributed by atoms with Crippen molar-refractivity contribution in [3.05, 3.63) is 33.8 Å². The number of aryl methyl sites for hydroxylation is 1. The van der Waals surface area contributed by atoms with Gasteiger partial charge in [-0.2, -0.15) is 0 Å². The van der Waals surface area contributed by atoms with E-state index >= 15 is 0 Å². The molecule has 0 spiro atoms. The van der Waals surface area contributed by atoms with E-state index in [0.29, 0.717) is 10.9 Å². The summed E-state index contributed by atoms with van der Waals surface area (Å²) < 4.78 is 1.56. The molecule has 1 aliphatic heterocycles. The SMILES string of the molecule is Cn1ccnc(N2CCN(Cc3cnc(N)s3)CC2)c1=O. The van der Waals surface area contributed by atoms with E-state index < -0.39 is 0 Å². The molecule has 0 aromatic carbocycles. The third-order valence-corrected chi connectivity index (χ3v) is 4.43. The summed E-state index contributed by atoms with van der Waals surface area (Å²) in [5, 5.41) is 0.612. The van der Waals surface area contributed by atoms with Crippen molar-refractivity contribution in [2.75, 3.05) is 36.8 Å². The van der Waals surface area contributed by atoms with E-state index in [4.69, 9.17) is 5.73 Å². The number of nitrogens with zero attached hydrogens (tertiary/aromatic N) is 5. The Balaban J connectivity index is 1.62. The van der Waals surface area contributed by atoms with Crippen LogP contribution in [0.4, 0.5) is 10.9 Å². The van der Waals surface area contributed by atoms with Gasteiger partial charge in [0.1, 0.15) is 0 Å². The van der Waals surface area contributed by atoms with E-state index in [2.05, 4.69) is 19.8 Å². The first-order valence-corrected chi connectivity index (χ1v) is 7.64. The minimum atomic E-state index is -0.0406. The molecule has 8 heteroatoms. The summed E-state index contributed by atoms with van der Waals surface area (Å²) >= 11 is 1.53. The standard InChI is InChI=1S/C13H18N6OS/c1-17-3-2-15-11(12(17)20)19-6-4-18(5-7-19)9-10-8-16-13(14)21-10/h2-3,8H,4-7,9H2,1H3,(H2,14,16). The molecule has 1 saturated heterocycles. The molecular weight excluding hydrogens is 288 g/mol. The third kappa shape index (κ3) is 3.06. The number of hydrogen-bond acceptors (Lipinski definition) is 7. The Hall–Kier alpha value is -1.93. The second-order valence-corrected chi connectivity index (χ2v) is 6.24. The van der Waals surface area contributed by atoms with E-state index in [9.17, 15) is 4.79 Å². The maximum absolute atomic E-state index is 12.1. The van der Waals surface area contributed by atoms with Crippen LogP contribution in [0, 0.1) is 0 Å². The molecule has 3 heterocycles. The summed E-state index contributed by atoms with van der Waals surface area (Å²) in [7, 11) is 1.75. The fourth-order valence-electron chi connectivity index (χ4n) is 2.44. The number of nitrogen functional groups attached to an aromatic ring is 1. The van der Waals surface area contributed by atoms with Gasteiger partial charge >= 0.3 is 0 Å². The third-order valence-electron chi connectivity index (χ3n) is 3.62. The van der Waals surface area contributed by atoms with Gasteiger partial charge in [-0.3, -0.25) is 9.69 Å². The zero-order valence-electron chi connectivity index (χ0n) is 11.9. The van der Waals surface area contributed by atoms with Gasteiger partial charge < -0.3 is 15.2 Å². The lowest BCUT2D eigenvalue weighted by Gasteiger charge is -2.34. The molecule has 0 bridgehead atoms. The highest BCUT2D eigenvalue weighted by molar-refractivity contribution is 7.15. The number of aromatic nitrogens is 3. The van der Waals surface area contributed by atoms with Crippen molar-refractivity contribution in [2.45, 2.75) is 6.54 Å². The largest absolute Gasteiger partial charge is 0.375 e. The fraction of sp³-hybridized carbons (Fsp3) is 0.462. The molecule has 2 aromatic heterocycles. The van der Waals surface area contributed by atoms with Crippen molar-refractivity contribution < 1.29 is 0 Å². The fourth-order valence-corrected chi connectivity index (χ4v) is 3.16. The van der Waals surface area contributed by atoms with Gasteiger partial charge in [-0.1, -0.05) is 0 Å². The normalized spacial score (nSPS) is 16.3. The highest BCUT2D eigenvalue weighted by atomic mass is 32.1. The molecule has 21 heavy (non-hydrogen) atoms. The highest BCUT2D eigenvalue weighted by Gasteiger charge is 2.20. The zero-order chi connectivity index (χ0) is 14.8. The van der Waals surface area contributed by atoms with E-state index in [1.165, 1.54) is 16.2 Å². The van der Waals surface area contributed by atoms with Crippen molar-refractivity contribution in [2.24, 2.45) is 7.05 Å². The number of thiazole rings is 1. The smallest absolute Gasteiger partial charge is 0.293 e. The molecule has 1 fully saturated rings. The van der Waals surface area contributed by atoms with Crippen LogP contribution < -0.4 is 16.2 Å². The molecule has 0 radical (unpaired) electrons. The number of rotatable bonds is 3. The summed E-state index contributed by atoms with van der Waals surface area (Å²) in [4.78, 5) is 25.9. The molecule has 0 saturated carbocycles. The number of hydrogen-bond donors (Lipinski definition) is 1. The van der Waals surface area contributed by atoms with Crippen LogP contribution in [0.3, 0.4) is 0 Å². The summed E-state index contributed by atoms with van der Waals surface area (Å²) in [6, 6.07) is 0. The maximum atomic E-state index is 12.1. The Morgan fingerprint density at radius 1 is 1.29 bits per heavy atom. The lowest BCUT2D eigenvalue weighted by atomic mass is 10.3. The van der Waals surface area contributed by atoms with E-state index in [1.54, 1.807) is 24.0 Å². The lowest BCUT2D eigenvalue weighted by Crippen LogP contribution is -2.48. The maximum Gasteiger partial charge on any atom is 0.293 e. The summed E-state index contributed by atoms with van der Waals surface area (Å²) in [5.74, 6) is 0.543. The molecule has 1 aliphatic rings. The van der Waals surface area contributed by atoms with E-state index in [1.807, 2.05) is 6.20 Å². The zero-order valence-corrected chi connectivity index (χ0v) is 12.7. The molecule has 3 rings (SSSR count). The van der Waals surface area contributed by atoms with Crippen molar-refractivity contribution in [1.29, 1.82) is 0 Å². The van der Waals surface area contributed by atoms with Gasteiger partial charge in [0, 0.05) is 63.2 Å². The lowest BCUT2D eigenvalue weighted by molar-refractivity contribution is 0.251. The van der Waals surface area contributed by atoms with Crippen LogP contribution in [0.2, 0.25) is 0 Å². The molecule has 2 aromatic rings.